The topological polar surface area (TPSA) is 86.7 Å². The number of ether oxygens (including phenoxy) is 2. The van der Waals surface area contributed by atoms with Crippen molar-refractivity contribution in [3.8, 4) is 0 Å². The van der Waals surface area contributed by atoms with E-state index in [-0.39, 0.29) is 25.7 Å². The lowest BCUT2D eigenvalue weighted by Gasteiger charge is -1.79. The van der Waals surface area contributed by atoms with Crippen molar-refractivity contribution in [3.63, 3.8) is 0 Å². The number of hydrogen-bond donors (Lipinski definition) is 0. The van der Waals surface area contributed by atoms with Gasteiger partial charge in [0, 0.05) is 0 Å². The van der Waals surface area contributed by atoms with Crippen LogP contribution in [0.1, 0.15) is 39.5 Å². The minimum atomic E-state index is -0.398. The monoisotopic (exact) mass is 230 g/mol. The molecular weight excluding hydrogens is 216 g/mol. The van der Waals surface area contributed by atoms with Crippen LogP contribution in [-0.4, -0.2) is 23.9 Å². The Morgan fingerprint density at radius 3 is 0.875 bits per heavy atom. The van der Waals surface area contributed by atoms with Crippen molar-refractivity contribution >= 4 is 23.9 Å². The molecule has 0 N–H and O–H groups in total. The van der Waals surface area contributed by atoms with Gasteiger partial charge in [0.25, 0.3) is 0 Å². The molecule has 0 amide bonds. The fourth-order valence-corrected chi connectivity index (χ4v) is 0.866. The zero-order valence-electron chi connectivity index (χ0n) is 9.28. The zero-order chi connectivity index (χ0) is 12.6. The van der Waals surface area contributed by atoms with E-state index in [9.17, 15) is 19.2 Å². The summed E-state index contributed by atoms with van der Waals surface area (Å²) in [5.74, 6) is -1.59. The number of rotatable bonds is 0. The minimum absolute atomic E-state index is 0.263. The molecule has 0 aromatic carbocycles. The number of hydrogen-bond acceptors (Lipinski definition) is 6. The molecule has 6 heteroatoms. The van der Waals surface area contributed by atoms with Crippen molar-refractivity contribution < 1.29 is 28.7 Å². The molecule has 16 heavy (non-hydrogen) atoms. The normalized spacial score (nSPS) is 17.9. The fraction of sp³-hybridized carbons (Fsp3) is 0.600. The Morgan fingerprint density at radius 1 is 0.625 bits per heavy atom. The lowest BCUT2D eigenvalue weighted by Crippen LogP contribution is -1.95. The maximum atomic E-state index is 10.0. The third-order valence-corrected chi connectivity index (χ3v) is 1.52. The number of esters is 4. The van der Waals surface area contributed by atoms with Gasteiger partial charge < -0.3 is 9.47 Å². The van der Waals surface area contributed by atoms with Crippen LogP contribution in [0.25, 0.3) is 0 Å². The van der Waals surface area contributed by atoms with Gasteiger partial charge in [-0.3, -0.25) is 19.2 Å². The third kappa shape index (κ3) is 5.90. The lowest BCUT2D eigenvalue weighted by atomic mass is 10.4. The minimum Gasteiger partial charge on any atom is -0.393 e. The molecule has 0 bridgehead atoms. The second-order valence-corrected chi connectivity index (χ2v) is 2.69. The van der Waals surface area contributed by atoms with E-state index in [1.807, 2.05) is 13.8 Å². The summed E-state index contributed by atoms with van der Waals surface area (Å²) in [7, 11) is 0. The van der Waals surface area contributed by atoms with Gasteiger partial charge in [-0.1, -0.05) is 13.8 Å². The molecule has 0 aromatic rings. The molecule has 2 heterocycles. The van der Waals surface area contributed by atoms with Crippen LogP contribution < -0.4 is 0 Å². The molecule has 0 aliphatic carbocycles. The van der Waals surface area contributed by atoms with Crippen molar-refractivity contribution in [1.29, 1.82) is 0 Å². The SMILES string of the molecule is CC.O=C1CCC(=O)O1.O=C1CCC(=O)O1. The van der Waals surface area contributed by atoms with Crippen LogP contribution >= 0.6 is 0 Å². The molecule has 2 fully saturated rings. The number of carbonyl (C=O) groups is 4. The van der Waals surface area contributed by atoms with Gasteiger partial charge in [0.05, 0.1) is 25.7 Å². The molecule has 0 unspecified atom stereocenters. The first-order chi connectivity index (χ1) is 7.58. The van der Waals surface area contributed by atoms with Gasteiger partial charge in [-0.25, -0.2) is 0 Å². The van der Waals surface area contributed by atoms with Crippen LogP contribution in [0.4, 0.5) is 0 Å². The van der Waals surface area contributed by atoms with E-state index in [4.69, 9.17) is 0 Å². The third-order valence-electron chi connectivity index (χ3n) is 1.52. The predicted octanol–water partition coefficient (Wildman–Crippen LogP) is 0.726. The van der Waals surface area contributed by atoms with Gasteiger partial charge in [0.15, 0.2) is 0 Å². The van der Waals surface area contributed by atoms with Gasteiger partial charge in [-0.2, -0.15) is 0 Å². The Hall–Kier alpha value is -1.72. The van der Waals surface area contributed by atoms with Gasteiger partial charge in [0.1, 0.15) is 0 Å². The van der Waals surface area contributed by atoms with Crippen molar-refractivity contribution in [2.24, 2.45) is 0 Å². The summed E-state index contributed by atoms with van der Waals surface area (Å²) in [4.78, 5) is 40.0. The molecule has 2 saturated heterocycles. The number of cyclic esters (lactones) is 4. The summed E-state index contributed by atoms with van der Waals surface area (Å²) >= 11 is 0. The Bertz CT molecular complexity index is 236. The summed E-state index contributed by atoms with van der Waals surface area (Å²) in [5, 5.41) is 0. The summed E-state index contributed by atoms with van der Waals surface area (Å²) in [6.07, 6.45) is 1.05. The standard InChI is InChI=1S/2C4H4O3.C2H6/c2*5-3-1-2-4(6)7-3;1-2/h2*1-2H2;1-2H3. The second kappa shape index (κ2) is 7.56. The highest BCUT2D eigenvalue weighted by molar-refractivity contribution is 5.93. The first kappa shape index (κ1) is 14.3. The van der Waals surface area contributed by atoms with E-state index in [0.717, 1.165) is 0 Å². The average Bonchev–Trinajstić information content (AvgIpc) is 2.80. The van der Waals surface area contributed by atoms with Crippen LogP contribution in [0.15, 0.2) is 0 Å². The van der Waals surface area contributed by atoms with E-state index in [1.165, 1.54) is 0 Å². The van der Waals surface area contributed by atoms with Crippen molar-refractivity contribution in [3.05, 3.63) is 0 Å². The lowest BCUT2D eigenvalue weighted by molar-refractivity contribution is -0.153. The van der Waals surface area contributed by atoms with Gasteiger partial charge in [-0.15, -0.1) is 0 Å². The first-order valence-electron chi connectivity index (χ1n) is 5.05. The zero-order valence-corrected chi connectivity index (χ0v) is 9.28. The van der Waals surface area contributed by atoms with Gasteiger partial charge in [-0.05, 0) is 0 Å². The van der Waals surface area contributed by atoms with Crippen LogP contribution in [0, 0.1) is 0 Å². The quantitative estimate of drug-likeness (QED) is 0.450. The second-order valence-electron chi connectivity index (χ2n) is 2.69. The molecular formula is C10H14O6. The van der Waals surface area contributed by atoms with Gasteiger partial charge >= 0.3 is 23.9 Å². The molecule has 90 valence electrons. The molecule has 0 atom stereocenters. The highest BCUT2D eigenvalue weighted by Gasteiger charge is 2.19. The smallest absolute Gasteiger partial charge is 0.314 e. The highest BCUT2D eigenvalue weighted by Crippen LogP contribution is 2.04. The molecule has 0 saturated carbocycles. The largest absolute Gasteiger partial charge is 0.393 e. The van der Waals surface area contributed by atoms with Crippen LogP contribution in [-0.2, 0) is 28.7 Å². The molecule has 2 aliphatic rings. The summed E-state index contributed by atoms with van der Waals surface area (Å²) in [6.45, 7) is 4.00. The Kier molecular flexibility index (Phi) is 6.74. The molecule has 2 aliphatic heterocycles. The Morgan fingerprint density at radius 2 is 0.812 bits per heavy atom. The van der Waals surface area contributed by atoms with E-state index in [0.29, 0.717) is 0 Å². The van der Waals surface area contributed by atoms with Crippen LogP contribution in [0.3, 0.4) is 0 Å². The van der Waals surface area contributed by atoms with Crippen LogP contribution in [0.5, 0.6) is 0 Å². The molecule has 6 nitrogen and oxygen atoms in total. The van der Waals surface area contributed by atoms with E-state index in [2.05, 4.69) is 9.47 Å². The van der Waals surface area contributed by atoms with E-state index < -0.39 is 23.9 Å². The maximum Gasteiger partial charge on any atom is 0.314 e. The predicted molar refractivity (Wildman–Crippen MR) is 52.0 cm³/mol. The first-order valence-corrected chi connectivity index (χ1v) is 5.05. The molecule has 0 aromatic heterocycles. The molecule has 2 rings (SSSR count). The van der Waals surface area contributed by atoms with Crippen molar-refractivity contribution in [2.75, 3.05) is 0 Å². The van der Waals surface area contributed by atoms with Crippen molar-refractivity contribution in [1.82, 2.24) is 0 Å². The summed E-state index contributed by atoms with van der Waals surface area (Å²) in [5.41, 5.74) is 0. The highest BCUT2D eigenvalue weighted by atomic mass is 16.6. The Balaban J connectivity index is 0.000000244. The fourth-order valence-electron chi connectivity index (χ4n) is 0.866. The van der Waals surface area contributed by atoms with Gasteiger partial charge in [0.2, 0.25) is 0 Å². The van der Waals surface area contributed by atoms with Crippen LogP contribution in [0.2, 0.25) is 0 Å². The molecule has 0 radical (unpaired) electrons. The van der Waals surface area contributed by atoms with E-state index >= 15 is 0 Å². The molecule has 0 spiro atoms. The summed E-state index contributed by atoms with van der Waals surface area (Å²) in [6, 6.07) is 0. The maximum absolute atomic E-state index is 10.0. The van der Waals surface area contributed by atoms with Crippen molar-refractivity contribution in [2.45, 2.75) is 39.5 Å². The number of carbonyl (C=O) groups excluding carboxylic acids is 4. The van der Waals surface area contributed by atoms with E-state index in [1.54, 1.807) is 0 Å². The average molecular weight is 230 g/mol. The Labute approximate surface area is 92.9 Å². The summed E-state index contributed by atoms with van der Waals surface area (Å²) < 4.78 is 8.17.